The molecule has 0 aliphatic rings. The number of nitrogens with one attached hydrogen (secondary N) is 1. The molecule has 1 aromatic heterocycles. The zero-order chi connectivity index (χ0) is 19.6. The fourth-order valence-corrected chi connectivity index (χ4v) is 4.44. The second-order valence-corrected chi connectivity index (χ2v) is 8.09. The van der Waals surface area contributed by atoms with Crippen LogP contribution in [0.5, 0.6) is 5.75 Å². The first-order valence-electron chi connectivity index (χ1n) is 8.58. The van der Waals surface area contributed by atoms with Crippen molar-refractivity contribution < 1.29 is 13.2 Å². The summed E-state index contributed by atoms with van der Waals surface area (Å²) >= 11 is 0. The van der Waals surface area contributed by atoms with E-state index < -0.39 is 10.0 Å². The first-order chi connectivity index (χ1) is 12.8. The Kier molecular flexibility index (Phi) is 5.34. The van der Waals surface area contributed by atoms with Crippen LogP contribution in [0.1, 0.15) is 22.5 Å². The number of rotatable bonds is 6. The van der Waals surface area contributed by atoms with Gasteiger partial charge in [-0.05, 0) is 39.0 Å². The highest BCUT2D eigenvalue weighted by Gasteiger charge is 2.25. The molecule has 7 heteroatoms. The van der Waals surface area contributed by atoms with E-state index in [4.69, 9.17) is 4.74 Å². The van der Waals surface area contributed by atoms with Gasteiger partial charge in [0.15, 0.2) is 0 Å². The van der Waals surface area contributed by atoms with Gasteiger partial charge in [0, 0.05) is 12.1 Å². The average molecular weight is 385 g/mol. The Morgan fingerprint density at radius 1 is 1.04 bits per heavy atom. The molecule has 3 rings (SSSR count). The molecule has 0 aliphatic carbocycles. The number of aryl methyl sites for hydroxylation is 2. The molecule has 0 unspecified atom stereocenters. The lowest BCUT2D eigenvalue weighted by molar-refractivity contribution is 0.409. The molecule has 27 heavy (non-hydrogen) atoms. The van der Waals surface area contributed by atoms with Gasteiger partial charge in [-0.15, -0.1) is 0 Å². The highest BCUT2D eigenvalue weighted by Crippen LogP contribution is 2.24. The molecule has 0 saturated heterocycles. The third-order valence-corrected chi connectivity index (χ3v) is 6.07. The second-order valence-electron chi connectivity index (χ2n) is 6.38. The number of methoxy groups -OCH3 is 1. The summed E-state index contributed by atoms with van der Waals surface area (Å²) in [6, 6.07) is 15.1. The van der Waals surface area contributed by atoms with Crippen molar-refractivity contribution in [1.82, 2.24) is 14.5 Å². The van der Waals surface area contributed by atoms with Gasteiger partial charge in [-0.25, -0.2) is 17.8 Å². The summed E-state index contributed by atoms with van der Waals surface area (Å²) in [5, 5.41) is 4.44. The summed E-state index contributed by atoms with van der Waals surface area (Å²) in [5.74, 6) is 0.643. The van der Waals surface area contributed by atoms with Gasteiger partial charge in [-0.3, -0.25) is 0 Å². The summed E-state index contributed by atoms with van der Waals surface area (Å²) in [6.07, 6.45) is 0. The number of nitrogens with zero attached hydrogens (tertiary/aromatic N) is 2. The lowest BCUT2D eigenvalue weighted by Crippen LogP contribution is -2.24. The molecule has 0 bridgehead atoms. The Hall–Kier alpha value is -2.64. The van der Waals surface area contributed by atoms with Gasteiger partial charge < -0.3 is 4.74 Å². The normalized spacial score (nSPS) is 11.6. The summed E-state index contributed by atoms with van der Waals surface area (Å²) in [5.41, 5.74) is 3.76. The van der Waals surface area contributed by atoms with Crippen molar-refractivity contribution in [2.45, 2.75) is 32.2 Å². The van der Waals surface area contributed by atoms with Gasteiger partial charge in [0.2, 0.25) is 10.0 Å². The number of ether oxygens (including phenoxy) is 1. The van der Waals surface area contributed by atoms with Crippen molar-refractivity contribution in [2.24, 2.45) is 0 Å². The molecular weight excluding hydrogens is 362 g/mol. The maximum Gasteiger partial charge on any atom is 0.244 e. The third-order valence-electron chi connectivity index (χ3n) is 4.42. The molecule has 0 amide bonds. The molecule has 0 spiro atoms. The van der Waals surface area contributed by atoms with Gasteiger partial charge in [0.05, 0.1) is 24.2 Å². The molecule has 1 heterocycles. The minimum Gasteiger partial charge on any atom is -0.496 e. The molecule has 6 nitrogen and oxygen atoms in total. The molecule has 0 fully saturated rings. The van der Waals surface area contributed by atoms with Crippen molar-refractivity contribution in [1.29, 1.82) is 0 Å². The lowest BCUT2D eigenvalue weighted by Gasteiger charge is -2.11. The highest BCUT2D eigenvalue weighted by atomic mass is 32.2. The van der Waals surface area contributed by atoms with E-state index in [0.717, 1.165) is 16.8 Å². The number of aromatic nitrogens is 2. The molecule has 3 aromatic rings. The molecule has 0 atom stereocenters. The number of hydrogen-bond acceptors (Lipinski definition) is 4. The van der Waals surface area contributed by atoms with Crippen molar-refractivity contribution in [2.75, 3.05) is 7.11 Å². The monoisotopic (exact) mass is 385 g/mol. The maximum atomic E-state index is 12.9. The Labute approximate surface area is 159 Å². The van der Waals surface area contributed by atoms with Gasteiger partial charge in [0.25, 0.3) is 0 Å². The van der Waals surface area contributed by atoms with E-state index in [1.807, 2.05) is 49.4 Å². The van der Waals surface area contributed by atoms with Crippen LogP contribution in [0.2, 0.25) is 0 Å². The van der Waals surface area contributed by atoms with Crippen LogP contribution in [-0.2, 0) is 16.6 Å². The van der Waals surface area contributed by atoms with Gasteiger partial charge in [0.1, 0.15) is 10.6 Å². The SMILES string of the molecule is COc1ccccc1CNS(=O)(=O)c1c(C)nn(-c2ccc(C)cc2)c1C. The summed E-state index contributed by atoms with van der Waals surface area (Å²) in [7, 11) is -2.17. The van der Waals surface area contributed by atoms with E-state index >= 15 is 0 Å². The fourth-order valence-electron chi connectivity index (χ4n) is 3.05. The van der Waals surface area contributed by atoms with E-state index in [1.165, 1.54) is 0 Å². The van der Waals surface area contributed by atoms with Crippen molar-refractivity contribution in [3.05, 3.63) is 71.0 Å². The van der Waals surface area contributed by atoms with E-state index in [9.17, 15) is 8.42 Å². The first kappa shape index (κ1) is 19.1. The van der Waals surface area contributed by atoms with E-state index in [-0.39, 0.29) is 11.4 Å². The van der Waals surface area contributed by atoms with Crippen LogP contribution in [0.15, 0.2) is 53.4 Å². The van der Waals surface area contributed by atoms with E-state index in [1.54, 1.807) is 31.7 Å². The smallest absolute Gasteiger partial charge is 0.244 e. The Balaban J connectivity index is 1.92. The standard InChI is InChI=1S/C20H23N3O3S/c1-14-9-11-18(12-10-14)23-16(3)20(15(2)22-23)27(24,25)21-13-17-7-5-6-8-19(17)26-4/h5-12,21H,13H2,1-4H3. The molecule has 142 valence electrons. The van der Waals surface area contributed by atoms with Crippen LogP contribution in [0.4, 0.5) is 0 Å². The van der Waals surface area contributed by atoms with Gasteiger partial charge in [-0.2, -0.15) is 5.10 Å². The summed E-state index contributed by atoms with van der Waals surface area (Å²) in [4.78, 5) is 0.206. The Morgan fingerprint density at radius 3 is 2.37 bits per heavy atom. The number of para-hydroxylation sites is 1. The molecule has 0 radical (unpaired) electrons. The van der Waals surface area contributed by atoms with Crippen LogP contribution in [-0.4, -0.2) is 25.3 Å². The van der Waals surface area contributed by atoms with Crippen LogP contribution in [0.3, 0.4) is 0 Å². The molecule has 2 aromatic carbocycles. The minimum atomic E-state index is -3.73. The summed E-state index contributed by atoms with van der Waals surface area (Å²) in [6.45, 7) is 5.61. The summed E-state index contributed by atoms with van der Waals surface area (Å²) < 4.78 is 35.5. The first-order valence-corrected chi connectivity index (χ1v) is 10.1. The Morgan fingerprint density at radius 2 is 1.70 bits per heavy atom. The second kappa shape index (κ2) is 7.54. The maximum absolute atomic E-state index is 12.9. The van der Waals surface area contributed by atoms with Crippen LogP contribution >= 0.6 is 0 Å². The molecule has 0 saturated carbocycles. The number of benzene rings is 2. The predicted octanol–water partition coefficient (Wildman–Crippen LogP) is 3.28. The van der Waals surface area contributed by atoms with Crippen LogP contribution < -0.4 is 9.46 Å². The number of sulfonamides is 1. The molecule has 0 aliphatic heterocycles. The molecular formula is C20H23N3O3S. The molecule has 1 N–H and O–H groups in total. The van der Waals surface area contributed by atoms with Gasteiger partial charge in [-0.1, -0.05) is 35.9 Å². The topological polar surface area (TPSA) is 73.2 Å². The minimum absolute atomic E-state index is 0.140. The third kappa shape index (κ3) is 3.89. The lowest BCUT2D eigenvalue weighted by atomic mass is 10.2. The van der Waals surface area contributed by atoms with E-state index in [2.05, 4.69) is 9.82 Å². The Bertz CT molecular complexity index is 1050. The zero-order valence-electron chi connectivity index (χ0n) is 15.9. The van der Waals surface area contributed by atoms with Crippen molar-refractivity contribution in [3.63, 3.8) is 0 Å². The fraction of sp³-hybridized carbons (Fsp3) is 0.250. The van der Waals surface area contributed by atoms with Crippen LogP contribution in [0.25, 0.3) is 5.69 Å². The number of hydrogen-bond donors (Lipinski definition) is 1. The van der Waals surface area contributed by atoms with Crippen LogP contribution in [0, 0.1) is 20.8 Å². The average Bonchev–Trinajstić information content (AvgIpc) is 2.96. The quantitative estimate of drug-likeness (QED) is 0.707. The highest BCUT2D eigenvalue weighted by molar-refractivity contribution is 7.89. The van der Waals surface area contributed by atoms with Crippen molar-refractivity contribution in [3.8, 4) is 11.4 Å². The van der Waals surface area contributed by atoms with Gasteiger partial charge >= 0.3 is 0 Å². The van der Waals surface area contributed by atoms with E-state index in [0.29, 0.717) is 17.1 Å². The van der Waals surface area contributed by atoms with Crippen molar-refractivity contribution >= 4 is 10.0 Å². The predicted molar refractivity (Wildman–Crippen MR) is 105 cm³/mol. The zero-order valence-corrected chi connectivity index (χ0v) is 16.7. The largest absolute Gasteiger partial charge is 0.496 e.